The molecular weight excluding hydrogens is 1270 g/mol. The molecule has 2 aliphatic heterocycles. The second-order valence-corrected chi connectivity index (χ2v) is 25.4. The number of carboxylic acid groups (broad SMARTS) is 2. The highest BCUT2D eigenvalue weighted by molar-refractivity contribution is 7.93. The van der Waals surface area contributed by atoms with Gasteiger partial charge < -0.3 is 48.3 Å². The zero-order chi connectivity index (χ0) is 66.3. The highest BCUT2D eigenvalue weighted by Gasteiger charge is 2.31. The number of nitroso groups, excluding NO2 is 1. The van der Waals surface area contributed by atoms with Gasteiger partial charge in [-0.3, -0.25) is 18.2 Å². The van der Waals surface area contributed by atoms with Crippen molar-refractivity contribution in [3.05, 3.63) is 248 Å². The molecule has 476 valence electrons. The molecule has 8 aromatic rings. The Bertz CT molecular complexity index is 4000. The van der Waals surface area contributed by atoms with Gasteiger partial charge in [0.25, 0.3) is 5.91 Å². The van der Waals surface area contributed by atoms with Crippen LogP contribution in [-0.4, -0.2) is 81.6 Å². The number of nitrogen functional groups attached to an aromatic ring is 1. The molecule has 2 aliphatic rings. The molecule has 0 saturated carbocycles. The van der Waals surface area contributed by atoms with E-state index in [2.05, 4.69) is 31.8 Å². The van der Waals surface area contributed by atoms with Gasteiger partial charge in [-0.25, -0.2) is 31.2 Å². The molecule has 0 bridgehead atoms. The Labute approximate surface area is 541 Å². The van der Waals surface area contributed by atoms with E-state index in [1.807, 2.05) is 19.1 Å². The van der Waals surface area contributed by atoms with Gasteiger partial charge in [0.05, 0.1) is 22.9 Å². The van der Waals surface area contributed by atoms with E-state index in [4.69, 9.17) is 51.4 Å². The van der Waals surface area contributed by atoms with E-state index in [9.17, 15) is 50.8 Å². The third-order valence-corrected chi connectivity index (χ3v) is 17.8. The molecule has 0 aromatic heterocycles. The van der Waals surface area contributed by atoms with Crippen molar-refractivity contribution in [2.45, 2.75) is 44.8 Å². The van der Waals surface area contributed by atoms with Gasteiger partial charge in [-0.15, -0.1) is 4.91 Å². The third kappa shape index (κ3) is 21.9. The number of carbonyl (C=O) groups excluding carboxylic acids is 3. The fourth-order valence-corrected chi connectivity index (χ4v) is 12.5. The van der Waals surface area contributed by atoms with Gasteiger partial charge in [0.15, 0.2) is 6.04 Å². The van der Waals surface area contributed by atoms with Crippen LogP contribution in [0.25, 0.3) is 0 Å². The van der Waals surface area contributed by atoms with E-state index >= 15 is 0 Å². The van der Waals surface area contributed by atoms with Crippen LogP contribution < -0.4 is 46.7 Å². The number of nitrogens with zero attached hydrogens (tertiary/aromatic N) is 3. The topological polar surface area (TPSA) is 342 Å². The number of rotatable bonds is 14. The van der Waals surface area contributed by atoms with Gasteiger partial charge >= 0.3 is 24.0 Å². The van der Waals surface area contributed by atoms with Gasteiger partial charge in [0.2, 0.25) is 20.0 Å². The second kappa shape index (κ2) is 33.9. The van der Waals surface area contributed by atoms with Crippen LogP contribution in [0.15, 0.2) is 205 Å². The standard InChI is InChI=1S/C25H25ClN4O4S.C15H13ClN2O3.C10H14N2O2S.C8H9NO2.C6H4ClNO/c1-17-16-21(12-13-22(17)30-14-5-15-35(30,33)34)27-24(31)23(18-6-3-2-4-7-18)29-25(32)28-20-10-8-19(26)9-11-20;16-11-6-8-12(9-7-11)17-15(21)18-13(14(19)20)10-4-2-1-3-5-10;1-8-7-9(11)3-4-10(8)12-5-2-6-15(12,13)14;9-7(8(10)11)6-4-2-1-3-5-6;7-5-1-3-6(8-9)4-2-5/h2-4,6-13,16,23H,5,14-15H2,1H3,(H,27,31)(H2,28,29,32);1-9,13H,(H,19,20)(H2,17,18,21);3-4,7H,2,5-6,11H2,1H3;1-5,7H,9H2,(H,10,11);1-4H. The van der Waals surface area contributed by atoms with Crippen LogP contribution in [0.2, 0.25) is 15.1 Å². The Morgan fingerprint density at radius 2 is 0.879 bits per heavy atom. The molecule has 3 unspecified atom stereocenters. The van der Waals surface area contributed by atoms with Crippen molar-refractivity contribution in [3.8, 4) is 0 Å². The Balaban J connectivity index is 0.000000199. The molecule has 0 spiro atoms. The Kier molecular flexibility index (Phi) is 26.2. The number of benzene rings is 8. The van der Waals surface area contributed by atoms with Crippen LogP contribution in [0.1, 0.15) is 58.8 Å². The summed E-state index contributed by atoms with van der Waals surface area (Å²) in [6.45, 7) is 4.69. The van der Waals surface area contributed by atoms with Crippen molar-refractivity contribution in [1.29, 1.82) is 0 Å². The summed E-state index contributed by atoms with van der Waals surface area (Å²) in [5.41, 5.74) is 18.3. The quantitative estimate of drug-likeness (QED) is 0.0361. The van der Waals surface area contributed by atoms with E-state index in [1.54, 1.807) is 195 Å². The van der Waals surface area contributed by atoms with Crippen LogP contribution in [0.3, 0.4) is 0 Å². The number of halogens is 3. The predicted molar refractivity (Wildman–Crippen MR) is 358 cm³/mol. The maximum atomic E-state index is 13.2. The van der Waals surface area contributed by atoms with E-state index in [0.29, 0.717) is 91.8 Å². The number of aliphatic carboxylic acids is 2. The number of nitrogens with one attached hydrogen (secondary N) is 5. The lowest BCUT2D eigenvalue weighted by Gasteiger charge is -2.21. The highest BCUT2D eigenvalue weighted by Crippen LogP contribution is 2.31. The molecule has 5 amide bonds. The van der Waals surface area contributed by atoms with Crippen LogP contribution in [0, 0.1) is 18.8 Å². The molecule has 8 aromatic carbocycles. The maximum absolute atomic E-state index is 13.2. The minimum absolute atomic E-state index is 0.132. The first-order valence-electron chi connectivity index (χ1n) is 27.7. The Morgan fingerprint density at radius 1 is 0.495 bits per heavy atom. The van der Waals surface area contributed by atoms with Crippen molar-refractivity contribution in [3.63, 3.8) is 0 Å². The largest absolute Gasteiger partial charge is 0.480 e. The lowest BCUT2D eigenvalue weighted by Crippen LogP contribution is -2.39. The highest BCUT2D eigenvalue weighted by atomic mass is 35.5. The van der Waals surface area contributed by atoms with Crippen LogP contribution in [0.5, 0.6) is 0 Å². The fraction of sp³-hybridized carbons (Fsp3) is 0.172. The Morgan fingerprint density at radius 3 is 1.26 bits per heavy atom. The summed E-state index contributed by atoms with van der Waals surface area (Å²) in [5.74, 6) is -2.20. The minimum Gasteiger partial charge on any atom is -0.480 e. The number of sulfonamides is 2. The second-order valence-electron chi connectivity index (χ2n) is 20.1. The fourth-order valence-electron chi connectivity index (χ4n) is 8.85. The van der Waals surface area contributed by atoms with Gasteiger partial charge in [-0.05, 0) is 169 Å². The summed E-state index contributed by atoms with van der Waals surface area (Å²) in [4.78, 5) is 69.2. The summed E-state index contributed by atoms with van der Waals surface area (Å²) in [5, 5.41) is 35.3. The first kappa shape index (κ1) is 70.5. The predicted octanol–water partition coefficient (Wildman–Crippen LogP) is 12.6. The van der Waals surface area contributed by atoms with Gasteiger partial charge in [-0.2, -0.15) is 0 Å². The third-order valence-electron chi connectivity index (χ3n) is 13.3. The zero-order valence-electron chi connectivity index (χ0n) is 49.0. The van der Waals surface area contributed by atoms with Crippen LogP contribution >= 0.6 is 34.8 Å². The number of hydrogen-bond acceptors (Lipinski definition) is 13. The molecule has 91 heavy (non-hydrogen) atoms. The SMILES string of the molecule is Cc1cc(N)ccc1N1CCCS1(=O)=O.Cc1cc(NC(=O)C(NC(=O)Nc2ccc(Cl)cc2)c2ccccc2)ccc1N1CCCS1(=O)=O.NC(C(=O)O)c1ccccc1.O=C(Nc1ccc(Cl)cc1)NC(C(=O)O)c1ccccc1.O=Nc1ccc(Cl)cc1. The summed E-state index contributed by atoms with van der Waals surface area (Å²) >= 11 is 17.2. The average Bonchev–Trinajstić information content (AvgIpc) is 1.79. The van der Waals surface area contributed by atoms with Crippen LogP contribution in [0.4, 0.5) is 49.4 Å². The van der Waals surface area contributed by atoms with Crippen molar-refractivity contribution in [2.24, 2.45) is 10.9 Å². The number of nitrogens with two attached hydrogens (primary N) is 2. The monoisotopic (exact) mass is 1330 g/mol. The summed E-state index contributed by atoms with van der Waals surface area (Å²) < 4.78 is 50.8. The summed E-state index contributed by atoms with van der Waals surface area (Å²) in [6, 6.07) is 51.8. The lowest BCUT2D eigenvalue weighted by molar-refractivity contribution is -0.140. The van der Waals surface area contributed by atoms with Crippen molar-refractivity contribution in [1.82, 2.24) is 10.6 Å². The van der Waals surface area contributed by atoms with E-state index in [1.165, 1.54) is 8.61 Å². The smallest absolute Gasteiger partial charge is 0.330 e. The normalized spacial score (nSPS) is 14.1. The average molecular weight is 1340 g/mol. The van der Waals surface area contributed by atoms with Crippen LogP contribution in [-0.2, 0) is 34.4 Å². The molecule has 0 aliphatic carbocycles. The minimum atomic E-state index is -3.31. The van der Waals surface area contributed by atoms with Gasteiger partial charge in [0, 0.05) is 50.9 Å². The molecule has 3 atom stereocenters. The first-order valence-corrected chi connectivity index (χ1v) is 32.1. The molecule has 0 radical (unpaired) electrons. The molecule has 27 heteroatoms. The summed E-state index contributed by atoms with van der Waals surface area (Å²) in [7, 11) is -6.39. The van der Waals surface area contributed by atoms with Crippen molar-refractivity contribution in [2.75, 3.05) is 54.9 Å². The number of aryl methyl sites for hydroxylation is 2. The van der Waals surface area contributed by atoms with E-state index < -0.39 is 68.1 Å². The lowest BCUT2D eigenvalue weighted by atomic mass is 10.1. The zero-order valence-corrected chi connectivity index (χ0v) is 52.9. The summed E-state index contributed by atoms with van der Waals surface area (Å²) in [6.07, 6.45) is 1.29. The van der Waals surface area contributed by atoms with Gasteiger partial charge in [0.1, 0.15) is 17.8 Å². The van der Waals surface area contributed by atoms with Gasteiger partial charge in [-0.1, -0.05) is 126 Å². The van der Waals surface area contributed by atoms with Crippen molar-refractivity contribution < 1.29 is 51.0 Å². The number of carbonyl (C=O) groups is 5. The molecule has 2 saturated heterocycles. The number of urea groups is 2. The molecular formula is C64H65Cl3N10O12S2. The Hall–Kier alpha value is -9.56. The van der Waals surface area contributed by atoms with E-state index in [0.717, 1.165) is 16.8 Å². The number of amides is 5. The number of hydrogen-bond donors (Lipinski definition) is 9. The molecule has 10 rings (SSSR count). The first-order chi connectivity index (χ1) is 43.3. The van der Waals surface area contributed by atoms with E-state index in [-0.39, 0.29) is 11.5 Å². The number of anilines is 6. The molecule has 2 fully saturated rings. The van der Waals surface area contributed by atoms with Crippen molar-refractivity contribution >= 4 is 125 Å². The molecule has 22 nitrogen and oxygen atoms in total. The molecule has 2 heterocycles. The number of carboxylic acids is 2. The maximum Gasteiger partial charge on any atom is 0.330 e. The molecule has 11 N–H and O–H groups in total.